The summed E-state index contributed by atoms with van der Waals surface area (Å²) in [4.78, 5) is 60.5. The SMILES string of the molecule is CC(C)C(NC(=O)C(NC(=O)C(CC(N)=O)NC(=O)C1CCCN1)C(C)C)C(=O)O. The number of amides is 4. The largest absolute Gasteiger partial charge is 0.480 e. The lowest BCUT2D eigenvalue weighted by Gasteiger charge is -2.27. The Kier molecular flexibility index (Phi) is 9.70. The molecular formula is C19H33N5O6. The minimum Gasteiger partial charge on any atom is -0.480 e. The lowest BCUT2D eigenvalue weighted by molar-refractivity contribution is -0.144. The number of nitrogens with two attached hydrogens (primary N) is 1. The van der Waals surface area contributed by atoms with Crippen molar-refractivity contribution in [2.24, 2.45) is 17.6 Å². The maximum absolute atomic E-state index is 12.8. The summed E-state index contributed by atoms with van der Waals surface area (Å²) in [6, 6.07) is -3.88. The molecular weight excluding hydrogens is 394 g/mol. The molecule has 1 aliphatic rings. The Morgan fingerprint density at radius 2 is 1.53 bits per heavy atom. The highest BCUT2D eigenvalue weighted by Crippen LogP contribution is 2.09. The van der Waals surface area contributed by atoms with Gasteiger partial charge in [0.2, 0.25) is 23.6 Å². The fourth-order valence-corrected chi connectivity index (χ4v) is 3.14. The molecule has 0 spiro atoms. The molecule has 1 saturated heterocycles. The summed E-state index contributed by atoms with van der Waals surface area (Å²) < 4.78 is 0. The van der Waals surface area contributed by atoms with Crippen molar-refractivity contribution in [2.45, 2.75) is 71.1 Å². The predicted octanol–water partition coefficient (Wildman–Crippen LogP) is -1.54. The summed E-state index contributed by atoms with van der Waals surface area (Å²) in [5.74, 6) is -4.55. The van der Waals surface area contributed by atoms with Gasteiger partial charge in [0.25, 0.3) is 0 Å². The predicted molar refractivity (Wildman–Crippen MR) is 108 cm³/mol. The van der Waals surface area contributed by atoms with E-state index >= 15 is 0 Å². The molecule has 0 aromatic carbocycles. The van der Waals surface area contributed by atoms with Gasteiger partial charge < -0.3 is 32.1 Å². The number of rotatable bonds is 11. The van der Waals surface area contributed by atoms with Crippen molar-refractivity contribution in [1.29, 1.82) is 0 Å². The molecule has 1 rings (SSSR count). The lowest BCUT2D eigenvalue weighted by Crippen LogP contribution is -2.59. The van der Waals surface area contributed by atoms with E-state index in [1.54, 1.807) is 27.7 Å². The summed E-state index contributed by atoms with van der Waals surface area (Å²) in [6.07, 6.45) is 1.00. The van der Waals surface area contributed by atoms with Gasteiger partial charge in [-0.25, -0.2) is 4.79 Å². The van der Waals surface area contributed by atoms with Crippen LogP contribution in [0.3, 0.4) is 0 Å². The molecule has 1 heterocycles. The van der Waals surface area contributed by atoms with Crippen molar-refractivity contribution in [3.05, 3.63) is 0 Å². The number of hydrogen-bond acceptors (Lipinski definition) is 6. The molecule has 170 valence electrons. The fraction of sp³-hybridized carbons (Fsp3) is 0.737. The van der Waals surface area contributed by atoms with Crippen LogP contribution in [0.4, 0.5) is 0 Å². The molecule has 11 nitrogen and oxygen atoms in total. The molecule has 0 aliphatic carbocycles. The van der Waals surface area contributed by atoms with Crippen molar-refractivity contribution in [2.75, 3.05) is 6.54 Å². The van der Waals surface area contributed by atoms with Crippen LogP contribution in [0.1, 0.15) is 47.0 Å². The van der Waals surface area contributed by atoms with Crippen molar-refractivity contribution >= 4 is 29.6 Å². The van der Waals surface area contributed by atoms with Crippen molar-refractivity contribution in [3.63, 3.8) is 0 Å². The van der Waals surface area contributed by atoms with Gasteiger partial charge in [-0.1, -0.05) is 27.7 Å². The number of primary amides is 1. The van der Waals surface area contributed by atoms with Crippen molar-refractivity contribution in [3.8, 4) is 0 Å². The summed E-state index contributed by atoms with van der Waals surface area (Å²) >= 11 is 0. The van der Waals surface area contributed by atoms with Gasteiger partial charge >= 0.3 is 5.97 Å². The average molecular weight is 428 g/mol. The van der Waals surface area contributed by atoms with E-state index in [9.17, 15) is 29.1 Å². The summed E-state index contributed by atoms with van der Waals surface area (Å²) in [5, 5.41) is 19.7. The number of aliphatic carboxylic acids is 1. The van der Waals surface area contributed by atoms with E-state index in [1.165, 1.54) is 0 Å². The van der Waals surface area contributed by atoms with Gasteiger partial charge in [0.05, 0.1) is 12.5 Å². The number of carbonyl (C=O) groups excluding carboxylic acids is 4. The van der Waals surface area contributed by atoms with Gasteiger partial charge in [0.15, 0.2) is 0 Å². The summed E-state index contributed by atoms with van der Waals surface area (Å²) in [5.41, 5.74) is 5.21. The highest BCUT2D eigenvalue weighted by atomic mass is 16.4. The minimum atomic E-state index is -1.24. The monoisotopic (exact) mass is 427 g/mol. The van der Waals surface area contributed by atoms with Crippen LogP contribution in [-0.2, 0) is 24.0 Å². The van der Waals surface area contributed by atoms with Gasteiger partial charge in [-0.05, 0) is 31.2 Å². The second-order valence-corrected chi connectivity index (χ2v) is 8.18. The third kappa shape index (κ3) is 7.62. The smallest absolute Gasteiger partial charge is 0.326 e. The number of carbonyl (C=O) groups is 5. The van der Waals surface area contributed by atoms with Crippen molar-refractivity contribution in [1.82, 2.24) is 21.3 Å². The second-order valence-electron chi connectivity index (χ2n) is 8.18. The fourth-order valence-electron chi connectivity index (χ4n) is 3.14. The number of nitrogens with one attached hydrogen (secondary N) is 4. The minimum absolute atomic E-state index is 0.365. The first-order chi connectivity index (χ1) is 13.9. The Bertz CT molecular complexity index is 660. The van der Waals surface area contributed by atoms with Crippen LogP contribution in [0.15, 0.2) is 0 Å². The Hall–Kier alpha value is -2.69. The Labute approximate surface area is 175 Å². The molecule has 0 radical (unpaired) electrons. The zero-order valence-corrected chi connectivity index (χ0v) is 17.9. The van der Waals surface area contributed by atoms with E-state index in [2.05, 4.69) is 21.3 Å². The first-order valence-corrected chi connectivity index (χ1v) is 10.1. The standard InChI is InChI=1S/C19H33N5O6/c1-9(2)14(18(28)24-15(10(3)4)19(29)30)23-17(27)12(8-13(20)25)22-16(26)11-6-5-7-21-11/h9-12,14-15,21H,5-8H2,1-4H3,(H2,20,25)(H,22,26)(H,23,27)(H,24,28)(H,29,30). The topological polar surface area (TPSA) is 180 Å². The molecule has 4 amide bonds. The highest BCUT2D eigenvalue weighted by Gasteiger charge is 2.33. The van der Waals surface area contributed by atoms with Gasteiger partial charge in [0, 0.05) is 0 Å². The first kappa shape index (κ1) is 25.3. The molecule has 30 heavy (non-hydrogen) atoms. The Balaban J connectivity index is 2.89. The highest BCUT2D eigenvalue weighted by molar-refractivity contribution is 5.96. The molecule has 4 atom stereocenters. The Morgan fingerprint density at radius 3 is 1.97 bits per heavy atom. The van der Waals surface area contributed by atoms with Gasteiger partial charge in [-0.2, -0.15) is 0 Å². The number of carboxylic acid groups (broad SMARTS) is 1. The average Bonchev–Trinajstić information content (AvgIpc) is 3.16. The van der Waals surface area contributed by atoms with Crippen LogP contribution in [-0.4, -0.2) is 65.4 Å². The number of carboxylic acids is 1. The van der Waals surface area contributed by atoms with E-state index in [4.69, 9.17) is 5.73 Å². The molecule has 0 aromatic rings. The van der Waals surface area contributed by atoms with Crippen LogP contribution >= 0.6 is 0 Å². The van der Waals surface area contributed by atoms with E-state index in [0.29, 0.717) is 13.0 Å². The van der Waals surface area contributed by atoms with E-state index < -0.39 is 60.2 Å². The van der Waals surface area contributed by atoms with Gasteiger partial charge in [-0.15, -0.1) is 0 Å². The van der Waals surface area contributed by atoms with Gasteiger partial charge in [0.1, 0.15) is 18.1 Å². The van der Waals surface area contributed by atoms with Crippen LogP contribution in [0.2, 0.25) is 0 Å². The molecule has 7 N–H and O–H groups in total. The molecule has 0 saturated carbocycles. The van der Waals surface area contributed by atoms with E-state index in [1.807, 2.05) is 0 Å². The Morgan fingerprint density at radius 1 is 0.967 bits per heavy atom. The van der Waals surface area contributed by atoms with E-state index in [-0.39, 0.29) is 11.8 Å². The quantitative estimate of drug-likeness (QED) is 0.231. The molecule has 1 aliphatic heterocycles. The molecule has 1 fully saturated rings. The molecule has 0 bridgehead atoms. The third-order valence-corrected chi connectivity index (χ3v) is 4.89. The van der Waals surface area contributed by atoms with Crippen LogP contribution in [0, 0.1) is 11.8 Å². The van der Waals surface area contributed by atoms with E-state index in [0.717, 1.165) is 6.42 Å². The maximum atomic E-state index is 12.8. The van der Waals surface area contributed by atoms with Crippen LogP contribution in [0.25, 0.3) is 0 Å². The second kappa shape index (κ2) is 11.5. The first-order valence-electron chi connectivity index (χ1n) is 10.1. The number of hydrogen-bond donors (Lipinski definition) is 6. The maximum Gasteiger partial charge on any atom is 0.326 e. The zero-order chi connectivity index (χ0) is 23.0. The van der Waals surface area contributed by atoms with Crippen molar-refractivity contribution < 1.29 is 29.1 Å². The normalized spacial score (nSPS) is 19.1. The molecule has 4 unspecified atom stereocenters. The lowest BCUT2D eigenvalue weighted by atomic mass is 9.99. The van der Waals surface area contributed by atoms with Crippen LogP contribution < -0.4 is 27.0 Å². The zero-order valence-electron chi connectivity index (χ0n) is 17.9. The summed E-state index contributed by atoms with van der Waals surface area (Å²) in [7, 11) is 0. The summed E-state index contributed by atoms with van der Waals surface area (Å²) in [6.45, 7) is 7.34. The van der Waals surface area contributed by atoms with Gasteiger partial charge in [-0.3, -0.25) is 19.2 Å². The molecule has 11 heteroatoms. The van der Waals surface area contributed by atoms with Crippen LogP contribution in [0.5, 0.6) is 0 Å². The third-order valence-electron chi connectivity index (χ3n) is 4.89. The molecule has 0 aromatic heterocycles.